The number of amides is 1. The summed E-state index contributed by atoms with van der Waals surface area (Å²) in [7, 11) is 0. The number of carbonyl (C=O) groups is 1. The van der Waals surface area contributed by atoms with Crippen molar-refractivity contribution in [1.82, 2.24) is 14.7 Å². The van der Waals surface area contributed by atoms with Crippen molar-refractivity contribution in [3.05, 3.63) is 29.7 Å². The standard InChI is InChI=1S/C20H29N3O3/c1-3-16(12-24)22-20(25)18-14(2)21-19-17(10-7-11-23(18)19)26-13-15-8-5-4-6-9-15/h7,10-11,15-16,24H,3-6,8-9,12-13H2,1-2H3,(H,22,25)/t16-/m1/s1. The number of aryl methyl sites for hydroxylation is 1. The van der Waals surface area contributed by atoms with E-state index in [9.17, 15) is 9.90 Å². The summed E-state index contributed by atoms with van der Waals surface area (Å²) < 4.78 is 7.86. The van der Waals surface area contributed by atoms with E-state index in [1.807, 2.05) is 32.2 Å². The number of pyridine rings is 1. The Balaban J connectivity index is 1.81. The molecule has 2 heterocycles. The number of nitrogens with zero attached hydrogens (tertiary/aromatic N) is 2. The van der Waals surface area contributed by atoms with Gasteiger partial charge in [-0.25, -0.2) is 4.98 Å². The number of nitrogens with one attached hydrogen (secondary N) is 1. The lowest BCUT2D eigenvalue weighted by atomic mass is 9.90. The van der Waals surface area contributed by atoms with Gasteiger partial charge in [-0.2, -0.15) is 0 Å². The molecule has 0 saturated heterocycles. The highest BCUT2D eigenvalue weighted by Crippen LogP contribution is 2.27. The van der Waals surface area contributed by atoms with Crippen LogP contribution < -0.4 is 10.1 Å². The normalized spacial score (nSPS) is 16.6. The summed E-state index contributed by atoms with van der Waals surface area (Å²) in [6.45, 7) is 4.38. The number of ether oxygens (including phenoxy) is 1. The highest BCUT2D eigenvalue weighted by molar-refractivity contribution is 5.95. The van der Waals surface area contributed by atoms with Crippen LogP contribution in [0, 0.1) is 12.8 Å². The van der Waals surface area contributed by atoms with Crippen LogP contribution in [0.5, 0.6) is 5.75 Å². The SMILES string of the molecule is CC[C@H](CO)NC(=O)c1c(C)nc2c(OCC3CCCCC3)cccn12. The van der Waals surface area contributed by atoms with Crippen molar-refractivity contribution in [3.63, 3.8) is 0 Å². The fourth-order valence-electron chi connectivity index (χ4n) is 3.63. The molecule has 26 heavy (non-hydrogen) atoms. The molecule has 142 valence electrons. The van der Waals surface area contributed by atoms with Gasteiger partial charge in [0.2, 0.25) is 0 Å². The van der Waals surface area contributed by atoms with E-state index in [1.165, 1.54) is 32.1 Å². The van der Waals surface area contributed by atoms with Crippen LogP contribution in [0.3, 0.4) is 0 Å². The summed E-state index contributed by atoms with van der Waals surface area (Å²) in [5, 5.41) is 12.2. The van der Waals surface area contributed by atoms with Gasteiger partial charge in [0.1, 0.15) is 5.69 Å². The van der Waals surface area contributed by atoms with Crippen molar-refractivity contribution in [1.29, 1.82) is 0 Å². The van der Waals surface area contributed by atoms with E-state index >= 15 is 0 Å². The van der Waals surface area contributed by atoms with Crippen molar-refractivity contribution < 1.29 is 14.6 Å². The number of hydrogen-bond acceptors (Lipinski definition) is 4. The van der Waals surface area contributed by atoms with Gasteiger partial charge >= 0.3 is 0 Å². The molecule has 2 N–H and O–H groups in total. The van der Waals surface area contributed by atoms with E-state index in [4.69, 9.17) is 4.74 Å². The number of aliphatic hydroxyl groups is 1. The van der Waals surface area contributed by atoms with E-state index < -0.39 is 0 Å². The molecule has 6 nitrogen and oxygen atoms in total. The highest BCUT2D eigenvalue weighted by Gasteiger charge is 2.21. The molecule has 0 bridgehead atoms. The third kappa shape index (κ3) is 4.01. The second-order valence-corrected chi connectivity index (χ2v) is 7.19. The number of rotatable bonds is 7. The van der Waals surface area contributed by atoms with Crippen LogP contribution in [0.2, 0.25) is 0 Å². The van der Waals surface area contributed by atoms with Crippen LogP contribution in [0.15, 0.2) is 18.3 Å². The van der Waals surface area contributed by atoms with Crippen LogP contribution in [-0.4, -0.2) is 39.7 Å². The number of aromatic nitrogens is 2. The Labute approximate surface area is 154 Å². The first-order valence-electron chi connectivity index (χ1n) is 9.66. The molecule has 1 saturated carbocycles. The molecule has 0 spiro atoms. The van der Waals surface area contributed by atoms with Crippen molar-refractivity contribution in [2.75, 3.05) is 13.2 Å². The lowest BCUT2D eigenvalue weighted by Crippen LogP contribution is -2.37. The number of imidazole rings is 1. The molecule has 0 aromatic carbocycles. The van der Waals surface area contributed by atoms with Crippen LogP contribution in [-0.2, 0) is 0 Å². The minimum Gasteiger partial charge on any atom is -0.489 e. The summed E-state index contributed by atoms with van der Waals surface area (Å²) in [4.78, 5) is 17.2. The second-order valence-electron chi connectivity index (χ2n) is 7.19. The van der Waals surface area contributed by atoms with Gasteiger partial charge in [0.05, 0.1) is 24.9 Å². The maximum Gasteiger partial charge on any atom is 0.270 e. The predicted octanol–water partition coefficient (Wildman–Crippen LogP) is 3.10. The number of hydrogen-bond donors (Lipinski definition) is 2. The number of aliphatic hydroxyl groups excluding tert-OH is 1. The Morgan fingerprint density at radius 3 is 2.88 bits per heavy atom. The van der Waals surface area contributed by atoms with E-state index in [0.717, 1.165) is 5.75 Å². The van der Waals surface area contributed by atoms with Gasteiger partial charge in [-0.15, -0.1) is 0 Å². The van der Waals surface area contributed by atoms with E-state index in [1.54, 1.807) is 4.40 Å². The zero-order chi connectivity index (χ0) is 18.5. The fraction of sp³-hybridized carbons (Fsp3) is 0.600. The number of fused-ring (bicyclic) bond motifs is 1. The van der Waals surface area contributed by atoms with E-state index in [0.29, 0.717) is 36.0 Å². The third-order valence-electron chi connectivity index (χ3n) is 5.25. The van der Waals surface area contributed by atoms with Crippen molar-refractivity contribution in [2.45, 2.75) is 58.4 Å². The first-order chi connectivity index (χ1) is 12.6. The lowest BCUT2D eigenvalue weighted by Gasteiger charge is -2.21. The smallest absolute Gasteiger partial charge is 0.270 e. The molecule has 1 aliphatic carbocycles. The molecular formula is C20H29N3O3. The summed E-state index contributed by atoms with van der Waals surface area (Å²) in [6.07, 6.45) is 8.86. The Morgan fingerprint density at radius 2 is 2.19 bits per heavy atom. The lowest BCUT2D eigenvalue weighted by molar-refractivity contribution is 0.0908. The minimum absolute atomic E-state index is 0.0756. The van der Waals surface area contributed by atoms with Crippen LogP contribution in [0.4, 0.5) is 0 Å². The zero-order valence-corrected chi connectivity index (χ0v) is 15.7. The molecule has 1 aliphatic rings. The molecule has 2 aromatic heterocycles. The zero-order valence-electron chi connectivity index (χ0n) is 15.7. The summed E-state index contributed by atoms with van der Waals surface area (Å²) in [5.41, 5.74) is 1.82. The van der Waals surface area contributed by atoms with E-state index in [-0.39, 0.29) is 18.6 Å². The van der Waals surface area contributed by atoms with Gasteiger partial charge < -0.3 is 15.2 Å². The number of carbonyl (C=O) groups excluding carboxylic acids is 1. The predicted molar refractivity (Wildman–Crippen MR) is 101 cm³/mol. The van der Waals surface area contributed by atoms with Gasteiger partial charge in [0, 0.05) is 6.20 Å². The maximum atomic E-state index is 12.7. The Hall–Kier alpha value is -2.08. The van der Waals surface area contributed by atoms with Crippen LogP contribution in [0.25, 0.3) is 5.65 Å². The Kier molecular flexibility index (Phi) is 6.14. The summed E-state index contributed by atoms with van der Waals surface area (Å²) in [6, 6.07) is 3.54. The van der Waals surface area contributed by atoms with Gasteiger partial charge in [-0.3, -0.25) is 9.20 Å². The topological polar surface area (TPSA) is 75.9 Å². The molecule has 1 fully saturated rings. The average molecular weight is 359 g/mol. The fourth-order valence-corrected chi connectivity index (χ4v) is 3.63. The van der Waals surface area contributed by atoms with Gasteiger partial charge in [-0.1, -0.05) is 26.2 Å². The molecule has 0 aliphatic heterocycles. The molecule has 6 heteroatoms. The van der Waals surface area contributed by atoms with Crippen molar-refractivity contribution >= 4 is 11.6 Å². The molecule has 1 atom stereocenters. The van der Waals surface area contributed by atoms with Crippen LogP contribution >= 0.6 is 0 Å². The Bertz CT molecular complexity index is 746. The molecule has 0 radical (unpaired) electrons. The molecule has 1 amide bonds. The monoisotopic (exact) mass is 359 g/mol. The van der Waals surface area contributed by atoms with Gasteiger partial charge in [0.15, 0.2) is 11.4 Å². The van der Waals surface area contributed by atoms with E-state index in [2.05, 4.69) is 10.3 Å². The van der Waals surface area contributed by atoms with Crippen molar-refractivity contribution in [2.24, 2.45) is 5.92 Å². The molecule has 0 unspecified atom stereocenters. The summed E-state index contributed by atoms with van der Waals surface area (Å²) >= 11 is 0. The second kappa shape index (κ2) is 8.54. The van der Waals surface area contributed by atoms with Crippen molar-refractivity contribution in [3.8, 4) is 5.75 Å². The quantitative estimate of drug-likeness (QED) is 0.796. The highest BCUT2D eigenvalue weighted by atomic mass is 16.5. The molecule has 3 rings (SSSR count). The first kappa shape index (κ1) is 18.7. The third-order valence-corrected chi connectivity index (χ3v) is 5.25. The summed E-state index contributed by atoms with van der Waals surface area (Å²) in [5.74, 6) is 1.10. The van der Waals surface area contributed by atoms with Crippen LogP contribution in [0.1, 0.15) is 61.6 Å². The molecule has 2 aromatic rings. The average Bonchev–Trinajstić information content (AvgIpc) is 3.01. The largest absolute Gasteiger partial charge is 0.489 e. The molecular weight excluding hydrogens is 330 g/mol. The van der Waals surface area contributed by atoms with Gasteiger partial charge in [-0.05, 0) is 44.2 Å². The maximum absolute atomic E-state index is 12.7. The Morgan fingerprint density at radius 1 is 1.42 bits per heavy atom. The first-order valence-corrected chi connectivity index (χ1v) is 9.66. The van der Waals surface area contributed by atoms with Gasteiger partial charge in [0.25, 0.3) is 5.91 Å². The minimum atomic E-state index is -0.252.